The van der Waals surface area contributed by atoms with Gasteiger partial charge in [0.15, 0.2) is 0 Å². The summed E-state index contributed by atoms with van der Waals surface area (Å²) in [5, 5.41) is 6.33. The van der Waals surface area contributed by atoms with Crippen LogP contribution in [0.4, 0.5) is 10.5 Å². The van der Waals surface area contributed by atoms with Gasteiger partial charge in [0.1, 0.15) is 0 Å². The molecular formula is C13H18N4O. The standard InChI is InChI=1S/C13H18N4O/c18-13-16-12-3-7-15-9-10(12)4-8-17(13)11-1-5-14-6-2-11/h3,7,9,11,14H,1-2,4-6,8H2,(H,16,18). The van der Waals surface area contributed by atoms with E-state index in [0.29, 0.717) is 6.04 Å². The number of hydrogen-bond donors (Lipinski definition) is 2. The Morgan fingerprint density at radius 1 is 1.33 bits per heavy atom. The zero-order chi connectivity index (χ0) is 12.4. The van der Waals surface area contributed by atoms with Gasteiger partial charge >= 0.3 is 6.03 Å². The summed E-state index contributed by atoms with van der Waals surface area (Å²) in [6.07, 6.45) is 6.54. The van der Waals surface area contributed by atoms with Crippen molar-refractivity contribution >= 4 is 11.7 Å². The van der Waals surface area contributed by atoms with Crippen LogP contribution in [0.2, 0.25) is 0 Å². The molecule has 1 fully saturated rings. The third-order valence-corrected chi connectivity index (χ3v) is 3.78. The molecule has 0 atom stereocenters. The average molecular weight is 246 g/mol. The summed E-state index contributed by atoms with van der Waals surface area (Å²) in [7, 11) is 0. The Balaban J connectivity index is 1.78. The van der Waals surface area contributed by atoms with Gasteiger partial charge in [-0.1, -0.05) is 0 Å². The van der Waals surface area contributed by atoms with Gasteiger partial charge in [0.05, 0.1) is 0 Å². The Bertz CT molecular complexity index is 442. The number of carbonyl (C=O) groups is 1. The number of rotatable bonds is 1. The molecule has 5 nitrogen and oxygen atoms in total. The summed E-state index contributed by atoms with van der Waals surface area (Å²) < 4.78 is 0. The highest BCUT2D eigenvalue weighted by atomic mass is 16.2. The monoisotopic (exact) mass is 246 g/mol. The van der Waals surface area contributed by atoms with Crippen LogP contribution in [0.25, 0.3) is 0 Å². The lowest BCUT2D eigenvalue weighted by molar-refractivity contribution is 0.173. The predicted octanol–water partition coefficient (Wildman–Crippen LogP) is 1.22. The van der Waals surface area contributed by atoms with Crippen molar-refractivity contribution in [3.63, 3.8) is 0 Å². The van der Waals surface area contributed by atoms with Crippen molar-refractivity contribution in [2.24, 2.45) is 0 Å². The Morgan fingerprint density at radius 3 is 3.00 bits per heavy atom. The van der Waals surface area contributed by atoms with Crippen LogP contribution < -0.4 is 10.6 Å². The van der Waals surface area contributed by atoms with E-state index in [4.69, 9.17) is 0 Å². The molecule has 0 unspecified atom stereocenters. The van der Waals surface area contributed by atoms with Crippen LogP contribution in [0, 0.1) is 0 Å². The van der Waals surface area contributed by atoms with Crippen LogP contribution in [-0.4, -0.2) is 41.6 Å². The second-order valence-corrected chi connectivity index (χ2v) is 4.89. The number of nitrogens with zero attached hydrogens (tertiary/aromatic N) is 2. The van der Waals surface area contributed by atoms with Crippen LogP contribution in [0.5, 0.6) is 0 Å². The third-order valence-electron chi connectivity index (χ3n) is 3.78. The van der Waals surface area contributed by atoms with Crippen molar-refractivity contribution in [1.29, 1.82) is 0 Å². The summed E-state index contributed by atoms with van der Waals surface area (Å²) in [5.41, 5.74) is 2.04. The van der Waals surface area contributed by atoms with E-state index in [1.54, 1.807) is 6.20 Å². The number of pyridine rings is 1. The number of urea groups is 1. The van der Waals surface area contributed by atoms with Crippen LogP contribution in [0.1, 0.15) is 18.4 Å². The molecule has 96 valence electrons. The van der Waals surface area contributed by atoms with Crippen LogP contribution in [-0.2, 0) is 6.42 Å². The summed E-state index contributed by atoms with van der Waals surface area (Å²) in [6.45, 7) is 2.79. The highest BCUT2D eigenvalue weighted by Crippen LogP contribution is 2.22. The van der Waals surface area contributed by atoms with Crippen molar-refractivity contribution < 1.29 is 4.79 Å². The average Bonchev–Trinajstić information content (AvgIpc) is 2.58. The van der Waals surface area contributed by atoms with E-state index in [1.165, 1.54) is 0 Å². The molecule has 1 saturated heterocycles. The number of aromatic nitrogens is 1. The Labute approximate surface area is 107 Å². The van der Waals surface area contributed by atoms with Gasteiger partial charge < -0.3 is 15.5 Å². The van der Waals surface area contributed by atoms with Crippen molar-refractivity contribution in [2.75, 3.05) is 25.0 Å². The molecule has 0 bridgehead atoms. The fraction of sp³-hybridized carbons (Fsp3) is 0.538. The fourth-order valence-electron chi connectivity index (χ4n) is 2.74. The van der Waals surface area contributed by atoms with Crippen LogP contribution in [0.3, 0.4) is 0 Å². The van der Waals surface area contributed by atoms with Crippen molar-refractivity contribution in [3.8, 4) is 0 Å². The molecule has 3 heterocycles. The van der Waals surface area contributed by atoms with Gasteiger partial charge in [-0.2, -0.15) is 0 Å². The van der Waals surface area contributed by atoms with E-state index < -0.39 is 0 Å². The molecule has 0 spiro atoms. The Kier molecular flexibility index (Phi) is 3.15. The van der Waals surface area contributed by atoms with E-state index in [1.807, 2.05) is 17.2 Å². The van der Waals surface area contributed by atoms with Gasteiger partial charge in [-0.05, 0) is 44.0 Å². The van der Waals surface area contributed by atoms with Gasteiger partial charge in [0.25, 0.3) is 0 Å². The summed E-state index contributed by atoms with van der Waals surface area (Å²) in [4.78, 5) is 18.4. The number of hydrogen-bond acceptors (Lipinski definition) is 3. The normalized spacial score (nSPS) is 21.1. The van der Waals surface area contributed by atoms with E-state index in [2.05, 4.69) is 15.6 Å². The van der Waals surface area contributed by atoms with E-state index >= 15 is 0 Å². The van der Waals surface area contributed by atoms with Crippen molar-refractivity contribution in [3.05, 3.63) is 24.0 Å². The second-order valence-electron chi connectivity index (χ2n) is 4.89. The lowest BCUT2D eigenvalue weighted by Crippen LogP contribution is -2.47. The van der Waals surface area contributed by atoms with Gasteiger partial charge in [-0.15, -0.1) is 0 Å². The molecule has 3 rings (SSSR count). The SMILES string of the molecule is O=C1Nc2ccncc2CCN1C1CCNCC1. The first-order valence-corrected chi connectivity index (χ1v) is 6.56. The molecule has 18 heavy (non-hydrogen) atoms. The highest BCUT2D eigenvalue weighted by Gasteiger charge is 2.27. The van der Waals surface area contributed by atoms with Gasteiger partial charge in [-0.25, -0.2) is 4.79 Å². The predicted molar refractivity (Wildman–Crippen MR) is 69.6 cm³/mol. The van der Waals surface area contributed by atoms with Gasteiger partial charge in [0.2, 0.25) is 0 Å². The summed E-state index contributed by atoms with van der Waals surface area (Å²) in [6, 6.07) is 2.28. The number of anilines is 1. The largest absolute Gasteiger partial charge is 0.322 e. The Hall–Kier alpha value is -1.62. The van der Waals surface area contributed by atoms with E-state index in [9.17, 15) is 4.79 Å². The molecule has 0 aliphatic carbocycles. The zero-order valence-corrected chi connectivity index (χ0v) is 10.4. The molecule has 0 aromatic carbocycles. The first kappa shape index (κ1) is 11.5. The molecule has 2 aliphatic heterocycles. The molecule has 2 aliphatic rings. The number of fused-ring (bicyclic) bond motifs is 1. The Morgan fingerprint density at radius 2 is 2.17 bits per heavy atom. The maximum atomic E-state index is 12.3. The van der Waals surface area contributed by atoms with E-state index in [0.717, 1.165) is 50.1 Å². The molecular weight excluding hydrogens is 228 g/mol. The highest BCUT2D eigenvalue weighted by molar-refractivity contribution is 5.91. The van der Waals surface area contributed by atoms with Gasteiger partial charge in [0, 0.05) is 30.7 Å². The molecule has 0 saturated carbocycles. The molecule has 1 aromatic heterocycles. The lowest BCUT2D eigenvalue weighted by atomic mass is 10.0. The second kappa shape index (κ2) is 4.94. The quantitative estimate of drug-likeness (QED) is 0.783. The summed E-state index contributed by atoms with van der Waals surface area (Å²) >= 11 is 0. The molecule has 2 N–H and O–H groups in total. The molecule has 1 aromatic rings. The number of nitrogens with one attached hydrogen (secondary N) is 2. The maximum Gasteiger partial charge on any atom is 0.322 e. The minimum Gasteiger partial charge on any atom is -0.321 e. The molecule has 2 amide bonds. The van der Waals surface area contributed by atoms with E-state index in [-0.39, 0.29) is 6.03 Å². The minimum atomic E-state index is 0.0341. The first-order valence-electron chi connectivity index (χ1n) is 6.56. The van der Waals surface area contributed by atoms with Gasteiger partial charge in [-0.3, -0.25) is 4.98 Å². The number of carbonyl (C=O) groups excluding carboxylic acids is 1. The van der Waals surface area contributed by atoms with Crippen LogP contribution >= 0.6 is 0 Å². The molecule has 5 heteroatoms. The smallest absolute Gasteiger partial charge is 0.321 e. The third kappa shape index (κ3) is 2.18. The topological polar surface area (TPSA) is 57.3 Å². The van der Waals surface area contributed by atoms with Crippen molar-refractivity contribution in [2.45, 2.75) is 25.3 Å². The zero-order valence-electron chi connectivity index (χ0n) is 10.4. The lowest BCUT2D eigenvalue weighted by Gasteiger charge is -2.33. The maximum absolute atomic E-state index is 12.3. The minimum absolute atomic E-state index is 0.0341. The van der Waals surface area contributed by atoms with Crippen molar-refractivity contribution in [1.82, 2.24) is 15.2 Å². The molecule has 0 radical (unpaired) electrons. The number of amides is 2. The number of piperidine rings is 1. The van der Waals surface area contributed by atoms with Crippen LogP contribution in [0.15, 0.2) is 18.5 Å². The first-order chi connectivity index (χ1) is 8.84. The fourth-order valence-corrected chi connectivity index (χ4v) is 2.74. The summed E-state index contributed by atoms with van der Waals surface area (Å²) in [5.74, 6) is 0.